The quantitative estimate of drug-likeness (QED) is 0.619. The van der Waals surface area contributed by atoms with E-state index in [2.05, 4.69) is 33.2 Å². The zero-order chi connectivity index (χ0) is 18.1. The molecule has 0 spiro atoms. The van der Waals surface area contributed by atoms with Crippen LogP contribution in [0.5, 0.6) is 11.6 Å². The molecule has 0 aliphatic carbocycles. The maximum Gasteiger partial charge on any atom is 0.213 e. The van der Waals surface area contributed by atoms with Crippen molar-refractivity contribution < 1.29 is 9.47 Å². The van der Waals surface area contributed by atoms with E-state index in [-0.39, 0.29) is 0 Å². The van der Waals surface area contributed by atoms with Gasteiger partial charge in [0, 0.05) is 31.8 Å². The lowest BCUT2D eigenvalue weighted by Gasteiger charge is -2.23. The summed E-state index contributed by atoms with van der Waals surface area (Å²) in [6.07, 6.45) is 0. The molecule has 0 saturated heterocycles. The Bertz CT molecular complexity index is 703. The van der Waals surface area contributed by atoms with Crippen molar-refractivity contribution in [1.82, 2.24) is 15.2 Å². The molecule has 0 aliphatic rings. The van der Waals surface area contributed by atoms with Gasteiger partial charge < -0.3 is 19.7 Å². The van der Waals surface area contributed by atoms with Crippen molar-refractivity contribution in [3.8, 4) is 11.6 Å². The van der Waals surface area contributed by atoms with Gasteiger partial charge >= 0.3 is 0 Å². The molecule has 0 amide bonds. The summed E-state index contributed by atoms with van der Waals surface area (Å²) in [6.45, 7) is 4.02. The number of benzene rings is 1. The smallest absolute Gasteiger partial charge is 0.213 e. The van der Waals surface area contributed by atoms with E-state index < -0.39 is 0 Å². The van der Waals surface area contributed by atoms with Crippen LogP contribution in [0.15, 0.2) is 47.5 Å². The number of hydrogen-bond donors (Lipinski definition) is 1. The van der Waals surface area contributed by atoms with Crippen LogP contribution >= 0.6 is 0 Å². The normalized spacial score (nSPS) is 11.1. The van der Waals surface area contributed by atoms with Crippen molar-refractivity contribution in [1.29, 1.82) is 0 Å². The summed E-state index contributed by atoms with van der Waals surface area (Å²) in [5, 5.41) is 3.32. The van der Waals surface area contributed by atoms with Crippen molar-refractivity contribution in [2.24, 2.45) is 4.99 Å². The van der Waals surface area contributed by atoms with Crippen molar-refractivity contribution >= 4 is 5.96 Å². The van der Waals surface area contributed by atoms with Crippen LogP contribution in [-0.4, -0.2) is 43.7 Å². The summed E-state index contributed by atoms with van der Waals surface area (Å²) >= 11 is 0. The Morgan fingerprint density at radius 1 is 1.12 bits per heavy atom. The number of nitrogens with zero attached hydrogens (tertiary/aromatic N) is 3. The summed E-state index contributed by atoms with van der Waals surface area (Å²) in [5.41, 5.74) is 1.97. The number of pyridine rings is 1. The average Bonchev–Trinajstić information content (AvgIpc) is 2.65. The van der Waals surface area contributed by atoms with Crippen molar-refractivity contribution in [3.63, 3.8) is 0 Å². The standard InChI is InChI=1S/C19H26N4O2/c1-5-20-19(21-13-16-10-8-12-18(22-16)25-4)23(2)14-15-9-6-7-11-17(15)24-3/h6-12H,5,13-14H2,1-4H3,(H,20,21). The van der Waals surface area contributed by atoms with Crippen LogP contribution in [0.2, 0.25) is 0 Å². The first-order chi connectivity index (χ1) is 12.2. The molecular formula is C19H26N4O2. The highest BCUT2D eigenvalue weighted by Gasteiger charge is 2.10. The predicted octanol–water partition coefficient (Wildman–Crippen LogP) is 2.70. The van der Waals surface area contributed by atoms with Crippen LogP contribution in [0.4, 0.5) is 0 Å². The van der Waals surface area contributed by atoms with Crippen LogP contribution in [0, 0.1) is 0 Å². The lowest BCUT2D eigenvalue weighted by molar-refractivity contribution is 0.395. The minimum Gasteiger partial charge on any atom is -0.496 e. The lowest BCUT2D eigenvalue weighted by atomic mass is 10.2. The Balaban J connectivity index is 2.12. The largest absolute Gasteiger partial charge is 0.496 e. The third-order valence-corrected chi connectivity index (χ3v) is 3.68. The minimum absolute atomic E-state index is 0.482. The first-order valence-corrected chi connectivity index (χ1v) is 8.29. The van der Waals surface area contributed by atoms with E-state index in [4.69, 9.17) is 9.47 Å². The summed E-state index contributed by atoms with van der Waals surface area (Å²) in [5.74, 6) is 2.29. The number of aliphatic imine (C=N–C) groups is 1. The van der Waals surface area contributed by atoms with Gasteiger partial charge in [0.05, 0.1) is 26.5 Å². The Morgan fingerprint density at radius 3 is 2.64 bits per heavy atom. The molecule has 6 nitrogen and oxygen atoms in total. The van der Waals surface area contributed by atoms with Gasteiger partial charge in [0.25, 0.3) is 0 Å². The molecule has 1 N–H and O–H groups in total. The highest BCUT2D eigenvalue weighted by molar-refractivity contribution is 5.79. The number of para-hydroxylation sites is 1. The van der Waals surface area contributed by atoms with E-state index in [0.29, 0.717) is 19.0 Å². The van der Waals surface area contributed by atoms with E-state index in [1.54, 1.807) is 14.2 Å². The van der Waals surface area contributed by atoms with Crippen LogP contribution in [0.3, 0.4) is 0 Å². The molecule has 0 radical (unpaired) electrons. The van der Waals surface area contributed by atoms with E-state index >= 15 is 0 Å². The van der Waals surface area contributed by atoms with E-state index in [1.807, 2.05) is 43.4 Å². The average molecular weight is 342 g/mol. The van der Waals surface area contributed by atoms with Crippen LogP contribution < -0.4 is 14.8 Å². The molecule has 1 aromatic carbocycles. The monoisotopic (exact) mass is 342 g/mol. The molecular weight excluding hydrogens is 316 g/mol. The van der Waals surface area contributed by atoms with Crippen LogP contribution in [0.25, 0.3) is 0 Å². The van der Waals surface area contributed by atoms with E-state index in [0.717, 1.165) is 29.5 Å². The summed E-state index contributed by atoms with van der Waals surface area (Å²) in [4.78, 5) is 11.2. The third-order valence-electron chi connectivity index (χ3n) is 3.68. The number of methoxy groups -OCH3 is 2. The Kier molecular flexibility index (Phi) is 7.07. The van der Waals surface area contributed by atoms with Gasteiger partial charge in [0.15, 0.2) is 5.96 Å². The van der Waals surface area contributed by atoms with Crippen molar-refractivity contribution in [2.45, 2.75) is 20.0 Å². The molecule has 1 aromatic heterocycles. The number of ether oxygens (including phenoxy) is 2. The fourth-order valence-electron chi connectivity index (χ4n) is 2.45. The van der Waals surface area contributed by atoms with Gasteiger partial charge in [-0.05, 0) is 19.1 Å². The second-order valence-corrected chi connectivity index (χ2v) is 5.51. The van der Waals surface area contributed by atoms with Gasteiger partial charge in [-0.1, -0.05) is 24.3 Å². The van der Waals surface area contributed by atoms with Crippen molar-refractivity contribution in [2.75, 3.05) is 27.8 Å². The van der Waals surface area contributed by atoms with Gasteiger partial charge in [-0.25, -0.2) is 9.98 Å². The number of aromatic nitrogens is 1. The number of guanidine groups is 1. The zero-order valence-electron chi connectivity index (χ0n) is 15.3. The van der Waals surface area contributed by atoms with Gasteiger partial charge in [0.1, 0.15) is 5.75 Å². The molecule has 25 heavy (non-hydrogen) atoms. The van der Waals surface area contributed by atoms with E-state index in [9.17, 15) is 0 Å². The fourth-order valence-corrected chi connectivity index (χ4v) is 2.45. The molecule has 6 heteroatoms. The highest BCUT2D eigenvalue weighted by Crippen LogP contribution is 2.18. The summed E-state index contributed by atoms with van der Waals surface area (Å²) < 4.78 is 10.6. The zero-order valence-corrected chi connectivity index (χ0v) is 15.3. The number of hydrogen-bond acceptors (Lipinski definition) is 4. The number of rotatable bonds is 7. The van der Waals surface area contributed by atoms with Crippen LogP contribution in [0.1, 0.15) is 18.2 Å². The molecule has 0 atom stereocenters. The van der Waals surface area contributed by atoms with Crippen molar-refractivity contribution in [3.05, 3.63) is 53.7 Å². The molecule has 2 aromatic rings. The second kappa shape index (κ2) is 9.52. The molecule has 0 saturated carbocycles. The van der Waals surface area contributed by atoms with Gasteiger partial charge in [-0.15, -0.1) is 0 Å². The minimum atomic E-state index is 0.482. The molecule has 2 rings (SSSR count). The predicted molar refractivity (Wildman–Crippen MR) is 100 cm³/mol. The third kappa shape index (κ3) is 5.38. The Labute approximate surface area is 149 Å². The van der Waals surface area contributed by atoms with Gasteiger partial charge in [-0.2, -0.15) is 0 Å². The second-order valence-electron chi connectivity index (χ2n) is 5.51. The summed E-state index contributed by atoms with van der Waals surface area (Å²) in [7, 11) is 5.31. The maximum absolute atomic E-state index is 5.43. The Hall–Kier alpha value is -2.76. The topological polar surface area (TPSA) is 59.0 Å². The molecule has 0 fully saturated rings. The van der Waals surface area contributed by atoms with Crippen LogP contribution in [-0.2, 0) is 13.1 Å². The van der Waals surface area contributed by atoms with Gasteiger partial charge in [-0.3, -0.25) is 0 Å². The lowest BCUT2D eigenvalue weighted by Crippen LogP contribution is -2.38. The Morgan fingerprint density at radius 2 is 1.92 bits per heavy atom. The molecule has 0 aliphatic heterocycles. The summed E-state index contributed by atoms with van der Waals surface area (Å²) in [6, 6.07) is 13.7. The highest BCUT2D eigenvalue weighted by atomic mass is 16.5. The first-order valence-electron chi connectivity index (χ1n) is 8.29. The maximum atomic E-state index is 5.43. The molecule has 134 valence electrons. The molecule has 0 unspecified atom stereocenters. The molecule has 0 bridgehead atoms. The first kappa shape index (κ1) is 18.6. The SMILES string of the molecule is CCNC(=NCc1cccc(OC)n1)N(C)Cc1ccccc1OC. The number of nitrogens with one attached hydrogen (secondary N) is 1. The van der Waals surface area contributed by atoms with Gasteiger partial charge in [0.2, 0.25) is 5.88 Å². The van der Waals surface area contributed by atoms with E-state index in [1.165, 1.54) is 0 Å². The fraction of sp³-hybridized carbons (Fsp3) is 0.368. The molecule has 1 heterocycles.